The fourth-order valence-corrected chi connectivity index (χ4v) is 5.33. The highest BCUT2D eigenvalue weighted by Gasteiger charge is 2.18. The minimum Gasteiger partial charge on any atom is -0.345 e. The summed E-state index contributed by atoms with van der Waals surface area (Å²) in [5, 5.41) is 15.3. The SMILES string of the molecule is O=C(CSc1nnc(CNC(=O)c2ccccc2F)n1-c1cccc(Cl)c1)Nc1nc2ccccc2s1. The predicted octanol–water partition coefficient (Wildman–Crippen LogP) is 5.33. The van der Waals surface area contributed by atoms with Gasteiger partial charge in [0.25, 0.3) is 5.91 Å². The predicted molar refractivity (Wildman–Crippen MR) is 143 cm³/mol. The van der Waals surface area contributed by atoms with Crippen molar-refractivity contribution in [2.75, 3.05) is 11.1 Å². The molecule has 0 spiro atoms. The Morgan fingerprint density at radius 3 is 2.65 bits per heavy atom. The molecular weight excluding hydrogens is 535 g/mol. The number of hydrogen-bond donors (Lipinski definition) is 2. The molecule has 0 atom stereocenters. The molecule has 5 aromatic rings. The lowest BCUT2D eigenvalue weighted by atomic mass is 10.2. The van der Waals surface area contributed by atoms with E-state index < -0.39 is 11.7 Å². The quantitative estimate of drug-likeness (QED) is 0.252. The zero-order chi connectivity index (χ0) is 25.8. The number of benzene rings is 3. The third kappa shape index (κ3) is 5.79. The van der Waals surface area contributed by atoms with Crippen molar-refractivity contribution < 1.29 is 14.0 Å². The second-order valence-corrected chi connectivity index (χ2v) is 10.1. The smallest absolute Gasteiger partial charge is 0.254 e. The van der Waals surface area contributed by atoms with E-state index in [0.29, 0.717) is 26.8 Å². The van der Waals surface area contributed by atoms with Crippen molar-refractivity contribution >= 4 is 61.9 Å². The first kappa shape index (κ1) is 24.9. The van der Waals surface area contributed by atoms with Crippen molar-refractivity contribution in [2.45, 2.75) is 11.7 Å². The van der Waals surface area contributed by atoms with E-state index in [2.05, 4.69) is 25.8 Å². The number of carbonyl (C=O) groups is 2. The van der Waals surface area contributed by atoms with Gasteiger partial charge >= 0.3 is 0 Å². The van der Waals surface area contributed by atoms with E-state index in [4.69, 9.17) is 11.6 Å². The number of aromatic nitrogens is 4. The number of thioether (sulfide) groups is 1. The van der Waals surface area contributed by atoms with E-state index in [9.17, 15) is 14.0 Å². The Kier molecular flexibility index (Phi) is 7.45. The molecule has 5 rings (SSSR count). The van der Waals surface area contributed by atoms with Crippen LogP contribution >= 0.6 is 34.7 Å². The molecule has 0 bridgehead atoms. The lowest BCUT2D eigenvalue weighted by Gasteiger charge is -2.11. The van der Waals surface area contributed by atoms with Crippen molar-refractivity contribution in [3.8, 4) is 5.69 Å². The number of rotatable bonds is 8. The van der Waals surface area contributed by atoms with Crippen molar-refractivity contribution in [2.24, 2.45) is 0 Å². The number of halogens is 2. The van der Waals surface area contributed by atoms with Crippen LogP contribution in [-0.2, 0) is 11.3 Å². The van der Waals surface area contributed by atoms with Gasteiger partial charge < -0.3 is 10.6 Å². The molecule has 37 heavy (non-hydrogen) atoms. The number of nitrogens with one attached hydrogen (secondary N) is 2. The van der Waals surface area contributed by atoms with Gasteiger partial charge in [0.2, 0.25) is 5.91 Å². The molecule has 0 radical (unpaired) electrons. The van der Waals surface area contributed by atoms with Gasteiger partial charge in [-0.2, -0.15) is 0 Å². The fraction of sp³-hybridized carbons (Fsp3) is 0.0800. The first-order valence-corrected chi connectivity index (χ1v) is 13.2. The van der Waals surface area contributed by atoms with Crippen LogP contribution in [-0.4, -0.2) is 37.3 Å². The molecule has 186 valence electrons. The number of anilines is 1. The molecule has 2 heterocycles. The van der Waals surface area contributed by atoms with Gasteiger partial charge in [-0.1, -0.05) is 65.0 Å². The third-order valence-electron chi connectivity index (χ3n) is 5.16. The van der Waals surface area contributed by atoms with Crippen molar-refractivity contribution in [1.29, 1.82) is 0 Å². The molecule has 0 unspecified atom stereocenters. The molecule has 0 fully saturated rings. The molecular formula is C25H18ClFN6O2S2. The summed E-state index contributed by atoms with van der Waals surface area (Å²) in [7, 11) is 0. The summed E-state index contributed by atoms with van der Waals surface area (Å²) < 4.78 is 16.7. The maximum atomic E-state index is 14.0. The first-order chi connectivity index (χ1) is 18.0. The molecule has 2 amide bonds. The van der Waals surface area contributed by atoms with E-state index in [-0.39, 0.29) is 23.8 Å². The largest absolute Gasteiger partial charge is 0.345 e. The Hall–Kier alpha value is -3.80. The first-order valence-electron chi connectivity index (χ1n) is 11.0. The molecule has 2 aromatic heterocycles. The third-order valence-corrected chi connectivity index (χ3v) is 7.28. The zero-order valence-electron chi connectivity index (χ0n) is 19.0. The van der Waals surface area contributed by atoms with Gasteiger partial charge in [0.15, 0.2) is 16.1 Å². The maximum absolute atomic E-state index is 14.0. The molecule has 12 heteroatoms. The van der Waals surface area contributed by atoms with Crippen LogP contribution in [0.5, 0.6) is 0 Å². The molecule has 2 N–H and O–H groups in total. The van der Waals surface area contributed by atoms with Crippen molar-refractivity contribution in [3.05, 3.63) is 95.0 Å². The van der Waals surface area contributed by atoms with Crippen LogP contribution < -0.4 is 10.6 Å². The number of amides is 2. The topological polar surface area (TPSA) is 102 Å². The van der Waals surface area contributed by atoms with Gasteiger partial charge in [0.05, 0.1) is 33.8 Å². The van der Waals surface area contributed by atoms with Crippen LogP contribution in [0.2, 0.25) is 5.02 Å². The number of carbonyl (C=O) groups excluding carboxylic acids is 2. The Balaban J connectivity index is 1.32. The van der Waals surface area contributed by atoms with Gasteiger partial charge in [-0.25, -0.2) is 9.37 Å². The minimum absolute atomic E-state index is 0.0227. The molecule has 0 saturated carbocycles. The molecule has 0 aliphatic rings. The zero-order valence-corrected chi connectivity index (χ0v) is 21.4. The summed E-state index contributed by atoms with van der Waals surface area (Å²) in [4.78, 5) is 29.6. The van der Waals surface area contributed by atoms with Crippen molar-refractivity contribution in [1.82, 2.24) is 25.1 Å². The van der Waals surface area contributed by atoms with E-state index in [0.717, 1.165) is 10.2 Å². The molecule has 0 aliphatic heterocycles. The Bertz CT molecular complexity index is 1570. The summed E-state index contributed by atoms with van der Waals surface area (Å²) in [6.07, 6.45) is 0. The van der Waals surface area contributed by atoms with Crippen LogP contribution in [0.1, 0.15) is 16.2 Å². The normalized spacial score (nSPS) is 11.0. The monoisotopic (exact) mass is 552 g/mol. The average molecular weight is 553 g/mol. The molecule has 3 aromatic carbocycles. The standard InChI is InChI=1S/C25H18ClFN6O2S2/c26-15-6-5-7-16(12-15)33-21(13-28-23(35)17-8-1-2-9-18(17)27)31-32-25(33)36-14-22(34)30-24-29-19-10-3-4-11-20(19)37-24/h1-12H,13-14H2,(H,28,35)(H,29,30,34). The van der Waals surface area contributed by atoms with E-state index in [1.807, 2.05) is 30.3 Å². The lowest BCUT2D eigenvalue weighted by Crippen LogP contribution is -2.25. The van der Waals surface area contributed by atoms with Crippen LogP contribution in [0.25, 0.3) is 15.9 Å². The van der Waals surface area contributed by atoms with Gasteiger partial charge in [-0.3, -0.25) is 14.2 Å². The van der Waals surface area contributed by atoms with Gasteiger partial charge in [-0.15, -0.1) is 10.2 Å². The van der Waals surface area contributed by atoms with E-state index in [1.165, 1.54) is 41.3 Å². The van der Waals surface area contributed by atoms with Crippen LogP contribution in [0.3, 0.4) is 0 Å². The van der Waals surface area contributed by atoms with Crippen molar-refractivity contribution in [3.63, 3.8) is 0 Å². The van der Waals surface area contributed by atoms with E-state index >= 15 is 0 Å². The highest BCUT2D eigenvalue weighted by molar-refractivity contribution is 7.99. The summed E-state index contributed by atoms with van der Waals surface area (Å²) in [6.45, 7) is -0.0227. The number of fused-ring (bicyclic) bond motifs is 1. The highest BCUT2D eigenvalue weighted by Crippen LogP contribution is 2.27. The summed E-state index contributed by atoms with van der Waals surface area (Å²) in [5.74, 6) is -1.01. The molecule has 8 nitrogen and oxygen atoms in total. The van der Waals surface area contributed by atoms with Crippen LogP contribution in [0.15, 0.2) is 78.0 Å². The Labute approximate surface area is 223 Å². The lowest BCUT2D eigenvalue weighted by molar-refractivity contribution is -0.113. The Morgan fingerprint density at radius 1 is 1.03 bits per heavy atom. The number of hydrogen-bond acceptors (Lipinski definition) is 7. The summed E-state index contributed by atoms with van der Waals surface area (Å²) in [6, 6.07) is 20.4. The summed E-state index contributed by atoms with van der Waals surface area (Å²) in [5.41, 5.74) is 1.40. The maximum Gasteiger partial charge on any atom is 0.254 e. The fourth-order valence-electron chi connectivity index (χ4n) is 3.49. The van der Waals surface area contributed by atoms with Gasteiger partial charge in [0, 0.05) is 5.02 Å². The van der Waals surface area contributed by atoms with E-state index in [1.54, 1.807) is 28.8 Å². The summed E-state index contributed by atoms with van der Waals surface area (Å²) >= 11 is 8.77. The Morgan fingerprint density at radius 2 is 1.84 bits per heavy atom. The second-order valence-electron chi connectivity index (χ2n) is 7.70. The second kappa shape index (κ2) is 11.1. The van der Waals surface area contributed by atoms with Crippen LogP contribution in [0.4, 0.5) is 9.52 Å². The molecule has 0 aliphatic carbocycles. The number of thiazole rings is 1. The van der Waals surface area contributed by atoms with Gasteiger partial charge in [-0.05, 0) is 42.5 Å². The highest BCUT2D eigenvalue weighted by atomic mass is 35.5. The van der Waals surface area contributed by atoms with Gasteiger partial charge in [0.1, 0.15) is 5.82 Å². The minimum atomic E-state index is -0.619. The number of nitrogens with zero attached hydrogens (tertiary/aromatic N) is 4. The molecule has 0 saturated heterocycles. The number of para-hydroxylation sites is 1. The van der Waals surface area contributed by atoms with Crippen LogP contribution in [0, 0.1) is 5.82 Å². The average Bonchev–Trinajstić information content (AvgIpc) is 3.49.